The third kappa shape index (κ3) is 3.03. The molecule has 108 valence electrons. The summed E-state index contributed by atoms with van der Waals surface area (Å²) in [6.45, 7) is 0.670. The highest BCUT2D eigenvalue weighted by Gasteiger charge is 2.27. The summed E-state index contributed by atoms with van der Waals surface area (Å²) >= 11 is 2.62. The molecule has 0 amide bonds. The van der Waals surface area contributed by atoms with E-state index in [1.807, 2.05) is 18.5 Å². The van der Waals surface area contributed by atoms with Crippen LogP contribution in [-0.4, -0.2) is 20.4 Å². The van der Waals surface area contributed by atoms with E-state index in [0.717, 1.165) is 23.4 Å². The third-order valence-corrected chi connectivity index (χ3v) is 6.81. The van der Waals surface area contributed by atoms with Crippen molar-refractivity contribution >= 4 is 37.8 Å². The fourth-order valence-corrected chi connectivity index (χ4v) is 5.25. The normalized spacial score (nSPS) is 15.4. The summed E-state index contributed by atoms with van der Waals surface area (Å²) in [4.78, 5) is 5.34. The van der Waals surface area contributed by atoms with E-state index in [-0.39, 0.29) is 0 Å². The van der Waals surface area contributed by atoms with E-state index in [1.54, 1.807) is 6.07 Å². The molecule has 0 radical (unpaired) electrons. The molecular formula is C12H15N3O2S3. The molecule has 1 saturated carbocycles. The first-order valence-electron chi connectivity index (χ1n) is 6.30. The van der Waals surface area contributed by atoms with Crippen molar-refractivity contribution in [1.82, 2.24) is 10.3 Å². The summed E-state index contributed by atoms with van der Waals surface area (Å²) in [5.41, 5.74) is 1.01. The average molecular weight is 329 g/mol. The van der Waals surface area contributed by atoms with E-state index in [4.69, 9.17) is 0 Å². The molecular weight excluding hydrogens is 314 g/mol. The Morgan fingerprint density at radius 1 is 1.40 bits per heavy atom. The van der Waals surface area contributed by atoms with Crippen LogP contribution in [0.2, 0.25) is 0 Å². The minimum Gasteiger partial charge on any atom is -0.315 e. The molecule has 0 unspecified atom stereocenters. The first-order chi connectivity index (χ1) is 9.58. The van der Waals surface area contributed by atoms with Crippen molar-refractivity contribution in [2.45, 2.75) is 29.5 Å². The summed E-state index contributed by atoms with van der Waals surface area (Å²) in [5.74, 6) is 0.536. The van der Waals surface area contributed by atoms with Crippen molar-refractivity contribution in [2.24, 2.45) is 0 Å². The zero-order chi connectivity index (χ0) is 14.2. The smallest absolute Gasteiger partial charge is 0.273 e. The topological polar surface area (TPSA) is 71.1 Å². The van der Waals surface area contributed by atoms with Gasteiger partial charge in [0, 0.05) is 22.7 Å². The maximum atomic E-state index is 12.3. The van der Waals surface area contributed by atoms with Gasteiger partial charge in [-0.15, -0.1) is 22.7 Å². The molecule has 2 heterocycles. The summed E-state index contributed by atoms with van der Waals surface area (Å²) in [7, 11) is -1.68. The lowest BCUT2D eigenvalue weighted by Crippen LogP contribution is -2.11. The van der Waals surface area contributed by atoms with Gasteiger partial charge >= 0.3 is 0 Å². The van der Waals surface area contributed by atoms with Crippen molar-refractivity contribution in [3.63, 3.8) is 0 Å². The van der Waals surface area contributed by atoms with Crippen molar-refractivity contribution < 1.29 is 8.42 Å². The Kier molecular flexibility index (Phi) is 3.80. The number of aromatic nitrogens is 1. The van der Waals surface area contributed by atoms with E-state index in [2.05, 4.69) is 15.0 Å². The standard InChI is InChI=1S/C12H15N3O2S3/c1-13-6-9-4-5-11(19-9)20(16,17)15-12-14-10(7-18-12)8-2-3-8/h4-5,7-8,13H,2-3,6H2,1H3,(H,14,15). The molecule has 0 bridgehead atoms. The molecule has 2 aromatic heterocycles. The maximum Gasteiger partial charge on any atom is 0.273 e. The Morgan fingerprint density at radius 3 is 2.90 bits per heavy atom. The number of sulfonamides is 1. The summed E-state index contributed by atoms with van der Waals surface area (Å²) in [6, 6.07) is 3.46. The minimum atomic E-state index is -3.51. The fourth-order valence-electron chi connectivity index (χ4n) is 1.84. The number of anilines is 1. The van der Waals surface area contributed by atoms with Crippen molar-refractivity contribution in [1.29, 1.82) is 0 Å². The van der Waals surface area contributed by atoms with Gasteiger partial charge < -0.3 is 5.32 Å². The molecule has 0 aliphatic heterocycles. The maximum absolute atomic E-state index is 12.3. The van der Waals surface area contributed by atoms with Crippen LogP contribution in [0.25, 0.3) is 0 Å². The minimum absolute atomic E-state index is 0.325. The summed E-state index contributed by atoms with van der Waals surface area (Å²) < 4.78 is 27.4. The number of hydrogen-bond donors (Lipinski definition) is 2. The van der Waals surface area contributed by atoms with Gasteiger partial charge in [0.2, 0.25) is 0 Å². The Balaban J connectivity index is 1.76. The SMILES string of the molecule is CNCc1ccc(S(=O)(=O)Nc2nc(C3CC3)cs2)s1. The van der Waals surface area contributed by atoms with Crippen LogP contribution >= 0.6 is 22.7 Å². The van der Waals surface area contributed by atoms with Crippen molar-refractivity contribution in [3.8, 4) is 0 Å². The molecule has 0 aromatic carbocycles. The molecule has 1 aliphatic rings. The highest BCUT2D eigenvalue weighted by Crippen LogP contribution is 2.41. The molecule has 2 N–H and O–H groups in total. The van der Waals surface area contributed by atoms with Crippen LogP contribution in [0.4, 0.5) is 5.13 Å². The van der Waals surface area contributed by atoms with Gasteiger partial charge in [-0.25, -0.2) is 13.4 Å². The fraction of sp³-hybridized carbons (Fsp3) is 0.417. The average Bonchev–Trinajstić information content (AvgIpc) is 2.95. The molecule has 0 saturated heterocycles. The lowest BCUT2D eigenvalue weighted by Gasteiger charge is -2.01. The van der Waals surface area contributed by atoms with Crippen LogP contribution in [0.1, 0.15) is 29.3 Å². The molecule has 8 heteroatoms. The molecule has 1 fully saturated rings. The lowest BCUT2D eigenvalue weighted by molar-refractivity contribution is 0.603. The van der Waals surface area contributed by atoms with Gasteiger partial charge in [-0.3, -0.25) is 4.72 Å². The monoisotopic (exact) mass is 329 g/mol. The molecule has 0 atom stereocenters. The largest absolute Gasteiger partial charge is 0.315 e. The number of thiophene rings is 1. The quantitative estimate of drug-likeness (QED) is 0.854. The van der Waals surface area contributed by atoms with Gasteiger partial charge in [0.15, 0.2) is 5.13 Å². The van der Waals surface area contributed by atoms with E-state index in [1.165, 1.54) is 22.7 Å². The molecule has 20 heavy (non-hydrogen) atoms. The highest BCUT2D eigenvalue weighted by molar-refractivity contribution is 7.94. The van der Waals surface area contributed by atoms with Gasteiger partial charge in [-0.05, 0) is 32.0 Å². The van der Waals surface area contributed by atoms with Gasteiger partial charge in [-0.1, -0.05) is 0 Å². The Labute approximate surface area is 126 Å². The number of thiazole rings is 1. The van der Waals surface area contributed by atoms with Crippen molar-refractivity contribution in [2.75, 3.05) is 11.8 Å². The van der Waals surface area contributed by atoms with Crippen LogP contribution in [0.15, 0.2) is 21.7 Å². The van der Waals surface area contributed by atoms with E-state index in [0.29, 0.717) is 21.8 Å². The zero-order valence-electron chi connectivity index (χ0n) is 10.9. The molecule has 1 aliphatic carbocycles. The van der Waals surface area contributed by atoms with Gasteiger partial charge in [0.25, 0.3) is 10.0 Å². The van der Waals surface area contributed by atoms with E-state index >= 15 is 0 Å². The van der Waals surface area contributed by atoms with E-state index in [9.17, 15) is 8.42 Å². The predicted octanol–water partition coefficient (Wildman–Crippen LogP) is 2.60. The molecule has 2 aromatic rings. The lowest BCUT2D eigenvalue weighted by atomic mass is 10.3. The van der Waals surface area contributed by atoms with Crippen LogP contribution in [0, 0.1) is 0 Å². The number of rotatable bonds is 6. The van der Waals surface area contributed by atoms with Gasteiger partial charge in [0.1, 0.15) is 4.21 Å². The van der Waals surface area contributed by atoms with Crippen LogP contribution < -0.4 is 10.0 Å². The van der Waals surface area contributed by atoms with Crippen LogP contribution in [-0.2, 0) is 16.6 Å². The van der Waals surface area contributed by atoms with Crippen LogP contribution in [0.5, 0.6) is 0 Å². The number of hydrogen-bond acceptors (Lipinski definition) is 6. The second-order valence-corrected chi connectivity index (χ2v) is 8.64. The zero-order valence-corrected chi connectivity index (χ0v) is 13.4. The first kappa shape index (κ1) is 14.0. The Bertz CT molecular complexity index is 701. The highest BCUT2D eigenvalue weighted by atomic mass is 32.2. The second-order valence-electron chi connectivity index (χ2n) is 4.71. The molecule has 0 spiro atoms. The second kappa shape index (κ2) is 5.44. The van der Waals surface area contributed by atoms with Crippen LogP contribution in [0.3, 0.4) is 0 Å². The summed E-state index contributed by atoms with van der Waals surface area (Å²) in [5, 5.41) is 5.40. The predicted molar refractivity (Wildman–Crippen MR) is 82.0 cm³/mol. The Morgan fingerprint density at radius 2 is 2.20 bits per heavy atom. The van der Waals surface area contributed by atoms with Gasteiger partial charge in [0.05, 0.1) is 5.69 Å². The van der Waals surface area contributed by atoms with E-state index < -0.39 is 10.0 Å². The third-order valence-electron chi connectivity index (χ3n) is 2.99. The molecule has 3 rings (SSSR count). The molecule has 5 nitrogen and oxygen atoms in total. The number of nitrogens with zero attached hydrogens (tertiary/aromatic N) is 1. The summed E-state index contributed by atoms with van der Waals surface area (Å²) in [6.07, 6.45) is 2.32. The van der Waals surface area contributed by atoms with Gasteiger partial charge in [-0.2, -0.15) is 0 Å². The Hall–Kier alpha value is -0.960. The first-order valence-corrected chi connectivity index (χ1v) is 9.48. The number of nitrogens with one attached hydrogen (secondary N) is 2. The van der Waals surface area contributed by atoms with Crippen molar-refractivity contribution in [3.05, 3.63) is 28.1 Å².